The molecule has 4 rings (SSSR count). The van der Waals surface area contributed by atoms with Crippen LogP contribution in [0.1, 0.15) is 37.5 Å². The standard InChI is InChI=1S/C26H18F3N3O2/c1-15-19(8-9-30)22-11-18(28)13-32(26(22)31-15)14-25(34)20-5-3-2-4-16(20)10-24(33)21-7-6-17(27)12-23(21)29/h2-7,11-13H,8,10,14H2,1H3. The van der Waals surface area contributed by atoms with Crippen molar-refractivity contribution in [3.63, 3.8) is 0 Å². The van der Waals surface area contributed by atoms with Crippen molar-refractivity contribution in [1.82, 2.24) is 9.55 Å². The third-order valence-corrected chi connectivity index (χ3v) is 5.58. The van der Waals surface area contributed by atoms with Gasteiger partial charge in [-0.3, -0.25) is 9.59 Å². The van der Waals surface area contributed by atoms with Crippen LogP contribution in [-0.4, -0.2) is 21.1 Å². The molecule has 0 bridgehead atoms. The normalized spacial score (nSPS) is 10.9. The zero-order valence-electron chi connectivity index (χ0n) is 18.1. The summed E-state index contributed by atoms with van der Waals surface area (Å²) >= 11 is 0. The molecular formula is C26H18F3N3O2. The van der Waals surface area contributed by atoms with Gasteiger partial charge < -0.3 is 4.57 Å². The maximum Gasteiger partial charge on any atom is 0.182 e. The highest BCUT2D eigenvalue weighted by atomic mass is 19.1. The van der Waals surface area contributed by atoms with Gasteiger partial charge in [-0.05, 0) is 36.2 Å². The minimum Gasteiger partial charge on any atom is -0.322 e. The molecule has 0 atom stereocenters. The lowest BCUT2D eigenvalue weighted by atomic mass is 9.96. The monoisotopic (exact) mass is 461 g/mol. The van der Waals surface area contributed by atoms with Crippen LogP contribution in [0.3, 0.4) is 0 Å². The first-order valence-corrected chi connectivity index (χ1v) is 10.4. The number of hydrogen-bond donors (Lipinski definition) is 0. The van der Waals surface area contributed by atoms with Gasteiger partial charge in [-0.2, -0.15) is 5.26 Å². The highest BCUT2D eigenvalue weighted by Crippen LogP contribution is 2.30. The molecule has 0 saturated carbocycles. The number of carbonyl (C=O) groups excluding carboxylic acids is 2. The lowest BCUT2D eigenvalue weighted by Crippen LogP contribution is -2.17. The van der Waals surface area contributed by atoms with Crippen molar-refractivity contribution in [1.29, 1.82) is 5.26 Å². The van der Waals surface area contributed by atoms with Crippen molar-refractivity contribution < 1.29 is 22.8 Å². The number of fused-ring (bicyclic) bond motifs is 1. The van der Waals surface area contributed by atoms with E-state index >= 15 is 0 Å². The second-order valence-electron chi connectivity index (χ2n) is 7.84. The molecule has 2 aliphatic rings. The molecule has 0 radical (unpaired) electrons. The fraction of sp³-hybridized carbons (Fsp3) is 0.154. The van der Waals surface area contributed by atoms with Gasteiger partial charge in [0.15, 0.2) is 11.6 Å². The molecule has 8 heteroatoms. The molecule has 34 heavy (non-hydrogen) atoms. The van der Waals surface area contributed by atoms with Crippen molar-refractivity contribution in [3.05, 3.63) is 100 Å². The summed E-state index contributed by atoms with van der Waals surface area (Å²) < 4.78 is 42.9. The molecular weight excluding hydrogens is 443 g/mol. The van der Waals surface area contributed by atoms with Crippen LogP contribution < -0.4 is 0 Å². The second-order valence-corrected chi connectivity index (χ2v) is 7.84. The molecule has 0 aromatic heterocycles. The summed E-state index contributed by atoms with van der Waals surface area (Å²) in [6.45, 7) is 1.46. The average molecular weight is 461 g/mol. The summed E-state index contributed by atoms with van der Waals surface area (Å²) in [6.07, 6.45) is 0.947. The zero-order valence-corrected chi connectivity index (χ0v) is 18.1. The number of nitriles is 1. The number of benzene rings is 2. The predicted molar refractivity (Wildman–Crippen MR) is 118 cm³/mol. The fourth-order valence-electron chi connectivity index (χ4n) is 3.97. The molecule has 0 spiro atoms. The fourth-order valence-corrected chi connectivity index (χ4v) is 3.97. The molecule has 2 aromatic rings. The first kappa shape index (κ1) is 22.9. The van der Waals surface area contributed by atoms with Crippen molar-refractivity contribution in [2.24, 2.45) is 0 Å². The Morgan fingerprint density at radius 1 is 1.00 bits per heavy atom. The first-order chi connectivity index (χ1) is 16.3. The number of aryl methyl sites for hydroxylation is 1. The van der Waals surface area contributed by atoms with Gasteiger partial charge in [-0.1, -0.05) is 24.3 Å². The number of carbonyl (C=O) groups is 2. The van der Waals surface area contributed by atoms with E-state index in [0.717, 1.165) is 18.3 Å². The van der Waals surface area contributed by atoms with Crippen molar-refractivity contribution in [3.8, 4) is 17.5 Å². The molecule has 170 valence electrons. The molecule has 0 N–H and O–H groups in total. The van der Waals surface area contributed by atoms with Gasteiger partial charge in [0.2, 0.25) is 0 Å². The topological polar surface area (TPSA) is 75.8 Å². The lowest BCUT2D eigenvalue weighted by Gasteiger charge is -2.14. The van der Waals surface area contributed by atoms with Crippen LogP contribution in [0.4, 0.5) is 13.2 Å². The maximum atomic E-state index is 14.3. The predicted octanol–water partition coefficient (Wildman–Crippen LogP) is 5.09. The number of rotatable bonds is 7. The number of hydrogen-bond acceptors (Lipinski definition) is 4. The molecule has 2 aliphatic heterocycles. The van der Waals surface area contributed by atoms with E-state index in [2.05, 4.69) is 4.98 Å². The number of pyridine rings is 1. The molecule has 2 heterocycles. The van der Waals surface area contributed by atoms with E-state index < -0.39 is 29.0 Å². The summed E-state index contributed by atoms with van der Waals surface area (Å²) in [5.41, 5.74) is 1.96. The van der Waals surface area contributed by atoms with E-state index in [1.165, 1.54) is 16.7 Å². The van der Waals surface area contributed by atoms with Gasteiger partial charge in [0, 0.05) is 35.5 Å². The van der Waals surface area contributed by atoms with Crippen LogP contribution in [0.5, 0.6) is 0 Å². The van der Waals surface area contributed by atoms with Crippen molar-refractivity contribution >= 4 is 11.6 Å². The van der Waals surface area contributed by atoms with Crippen LogP contribution in [0.2, 0.25) is 0 Å². The summed E-state index contributed by atoms with van der Waals surface area (Å²) in [4.78, 5) is 30.2. The number of ketones is 2. The van der Waals surface area contributed by atoms with Crippen LogP contribution >= 0.6 is 0 Å². The Morgan fingerprint density at radius 2 is 1.76 bits per heavy atom. The third kappa shape index (κ3) is 4.46. The van der Waals surface area contributed by atoms with Crippen LogP contribution in [-0.2, 0) is 19.4 Å². The molecule has 2 aromatic carbocycles. The maximum absolute atomic E-state index is 14.3. The van der Waals surface area contributed by atoms with E-state index in [0.29, 0.717) is 34.3 Å². The highest BCUT2D eigenvalue weighted by Gasteiger charge is 2.22. The quantitative estimate of drug-likeness (QED) is 0.360. The Kier molecular flexibility index (Phi) is 6.28. The smallest absolute Gasteiger partial charge is 0.182 e. The Morgan fingerprint density at radius 3 is 2.50 bits per heavy atom. The molecule has 0 amide bonds. The lowest BCUT2D eigenvalue weighted by molar-refractivity contribution is 0.0970. The van der Waals surface area contributed by atoms with E-state index in [4.69, 9.17) is 5.26 Å². The van der Waals surface area contributed by atoms with Gasteiger partial charge in [0.25, 0.3) is 0 Å². The minimum absolute atomic E-state index is 0.0601. The van der Waals surface area contributed by atoms with E-state index in [1.807, 2.05) is 6.07 Å². The molecule has 0 unspecified atom stereocenters. The van der Waals surface area contributed by atoms with Crippen LogP contribution in [0.25, 0.3) is 11.4 Å². The van der Waals surface area contributed by atoms with E-state index in [-0.39, 0.29) is 30.5 Å². The van der Waals surface area contributed by atoms with Crippen LogP contribution in [0, 0.1) is 35.7 Å². The van der Waals surface area contributed by atoms with E-state index in [1.54, 1.807) is 25.1 Å². The summed E-state index contributed by atoms with van der Waals surface area (Å²) in [7, 11) is 0. The second kappa shape index (κ2) is 9.32. The van der Waals surface area contributed by atoms with Gasteiger partial charge in [-0.25, -0.2) is 18.2 Å². The van der Waals surface area contributed by atoms with Gasteiger partial charge in [0.1, 0.15) is 23.3 Å². The zero-order chi connectivity index (χ0) is 24.4. The van der Waals surface area contributed by atoms with Gasteiger partial charge >= 0.3 is 0 Å². The minimum atomic E-state index is -0.975. The number of aromatic nitrogens is 2. The molecule has 0 aliphatic carbocycles. The van der Waals surface area contributed by atoms with Gasteiger partial charge in [-0.15, -0.1) is 0 Å². The average Bonchev–Trinajstić information content (AvgIpc) is 3.09. The largest absolute Gasteiger partial charge is 0.322 e. The van der Waals surface area contributed by atoms with Crippen LogP contribution in [0.15, 0.2) is 54.7 Å². The number of Topliss-reactive ketones (excluding diaryl/α,β-unsaturated/α-hetero) is 2. The van der Waals surface area contributed by atoms with Gasteiger partial charge in [0.05, 0.1) is 24.6 Å². The summed E-state index contributed by atoms with van der Waals surface area (Å²) in [6, 6.07) is 12.4. The molecule has 0 fully saturated rings. The Bertz CT molecular complexity index is 1440. The SMILES string of the molecule is Cc1nc2n(CC(=O)c3ccccc3CC(=O)c3ccc(F)cc3F)cc(F)cc-2c1CC#N. The Balaban J connectivity index is 1.63. The summed E-state index contributed by atoms with van der Waals surface area (Å²) in [5.74, 6) is -2.98. The highest BCUT2D eigenvalue weighted by molar-refractivity contribution is 6.02. The number of halogens is 3. The van der Waals surface area contributed by atoms with Crippen molar-refractivity contribution in [2.45, 2.75) is 26.3 Å². The van der Waals surface area contributed by atoms with Crippen molar-refractivity contribution in [2.75, 3.05) is 0 Å². The Labute approximate surface area is 193 Å². The molecule has 0 saturated heterocycles. The third-order valence-electron chi connectivity index (χ3n) is 5.58. The summed E-state index contributed by atoms with van der Waals surface area (Å²) in [5, 5.41) is 9.07. The Hall–Kier alpha value is -4.25. The van der Waals surface area contributed by atoms with E-state index in [9.17, 15) is 22.8 Å². The molecule has 5 nitrogen and oxygen atoms in total. The first-order valence-electron chi connectivity index (χ1n) is 10.4. The number of nitrogens with zero attached hydrogens (tertiary/aromatic N) is 3.